The van der Waals surface area contributed by atoms with Gasteiger partial charge in [0.25, 0.3) is 11.2 Å². The number of benzene rings is 2. The van der Waals surface area contributed by atoms with Crippen LogP contribution in [0.5, 0.6) is 5.75 Å². The van der Waals surface area contributed by atoms with Gasteiger partial charge in [-0.1, -0.05) is 35.6 Å². The molecule has 3 heterocycles. The number of hydrogen-bond donors (Lipinski definition) is 0. The van der Waals surface area contributed by atoms with E-state index in [4.69, 9.17) is 13.9 Å². The van der Waals surface area contributed by atoms with Gasteiger partial charge in [0, 0.05) is 23.3 Å². The Morgan fingerprint density at radius 3 is 2.60 bits per heavy atom. The molecular weight excluding hydrogens is 534 g/mol. The summed E-state index contributed by atoms with van der Waals surface area (Å²) >= 11 is 1.18. The van der Waals surface area contributed by atoms with Gasteiger partial charge in [-0.3, -0.25) is 19.5 Å². The fourth-order valence-corrected chi connectivity index (χ4v) is 5.59. The van der Waals surface area contributed by atoms with Gasteiger partial charge < -0.3 is 13.9 Å². The predicted octanol–water partition coefficient (Wildman–Crippen LogP) is 4.28. The van der Waals surface area contributed by atoms with Gasteiger partial charge in [0.2, 0.25) is 0 Å². The van der Waals surface area contributed by atoms with Crippen molar-refractivity contribution in [3.63, 3.8) is 0 Å². The monoisotopic (exact) mass is 559 g/mol. The number of allylic oxidation sites excluding steroid dienone is 1. The minimum Gasteiger partial charge on any atom is -0.497 e. The number of ether oxygens (including phenoxy) is 2. The predicted molar refractivity (Wildman–Crippen MR) is 149 cm³/mol. The second kappa shape index (κ2) is 10.8. The molecule has 2 aromatic carbocycles. The topological polar surface area (TPSA) is 126 Å². The van der Waals surface area contributed by atoms with E-state index < -0.39 is 16.9 Å². The molecule has 0 N–H and O–H groups in total. The number of hydrogen-bond acceptors (Lipinski definition) is 9. The van der Waals surface area contributed by atoms with Gasteiger partial charge >= 0.3 is 5.97 Å². The number of esters is 1. The Kier molecular flexibility index (Phi) is 7.22. The summed E-state index contributed by atoms with van der Waals surface area (Å²) in [7, 11) is 1.56. The van der Waals surface area contributed by atoms with Crippen LogP contribution in [0.15, 0.2) is 80.1 Å². The summed E-state index contributed by atoms with van der Waals surface area (Å²) in [5, 5.41) is 11.4. The van der Waals surface area contributed by atoms with Crippen LogP contribution in [0, 0.1) is 17.0 Å². The summed E-state index contributed by atoms with van der Waals surface area (Å²) in [6, 6.07) is 14.6. The summed E-state index contributed by atoms with van der Waals surface area (Å²) in [5.41, 5.74) is 2.20. The van der Waals surface area contributed by atoms with Gasteiger partial charge in [0.05, 0.1) is 40.5 Å². The molecule has 0 saturated heterocycles. The van der Waals surface area contributed by atoms with Crippen LogP contribution < -0.4 is 19.6 Å². The van der Waals surface area contributed by atoms with Crippen molar-refractivity contribution in [2.45, 2.75) is 26.8 Å². The van der Waals surface area contributed by atoms with E-state index >= 15 is 0 Å². The third kappa shape index (κ3) is 4.87. The first-order chi connectivity index (χ1) is 19.2. The van der Waals surface area contributed by atoms with Crippen LogP contribution >= 0.6 is 11.3 Å². The third-order valence-corrected chi connectivity index (χ3v) is 7.52. The van der Waals surface area contributed by atoms with Crippen molar-refractivity contribution in [2.75, 3.05) is 13.7 Å². The van der Waals surface area contributed by atoms with E-state index in [2.05, 4.69) is 4.99 Å². The van der Waals surface area contributed by atoms with Crippen molar-refractivity contribution in [2.24, 2.45) is 4.99 Å². The van der Waals surface area contributed by atoms with Crippen LogP contribution in [0.2, 0.25) is 0 Å². The number of aryl methyl sites for hydroxylation is 1. The highest BCUT2D eigenvalue weighted by Crippen LogP contribution is 2.32. The normalized spacial score (nSPS) is 15.0. The molecule has 5 rings (SSSR count). The largest absolute Gasteiger partial charge is 0.497 e. The van der Waals surface area contributed by atoms with Crippen LogP contribution in [-0.4, -0.2) is 29.2 Å². The second-order valence-corrected chi connectivity index (χ2v) is 10.0. The first-order valence-electron chi connectivity index (χ1n) is 12.4. The molecule has 2 aromatic heterocycles. The fraction of sp³-hybridized carbons (Fsp3) is 0.207. The van der Waals surface area contributed by atoms with Gasteiger partial charge in [-0.25, -0.2) is 9.79 Å². The summed E-state index contributed by atoms with van der Waals surface area (Å²) in [6.07, 6.45) is 1.60. The Labute approximate surface area is 232 Å². The maximum atomic E-state index is 13.8. The highest BCUT2D eigenvalue weighted by Gasteiger charge is 2.33. The molecule has 0 bridgehead atoms. The number of carbonyl (C=O) groups excluding carboxylic acids is 1. The molecule has 40 heavy (non-hydrogen) atoms. The molecule has 1 aliphatic rings. The van der Waals surface area contributed by atoms with Crippen LogP contribution in [0.25, 0.3) is 17.4 Å². The zero-order valence-corrected chi connectivity index (χ0v) is 23.0. The number of methoxy groups -OCH3 is 1. The Morgan fingerprint density at radius 1 is 1.18 bits per heavy atom. The van der Waals surface area contributed by atoms with Gasteiger partial charge in [0.1, 0.15) is 17.3 Å². The Bertz CT molecular complexity index is 1850. The third-order valence-electron chi connectivity index (χ3n) is 6.54. The van der Waals surface area contributed by atoms with Crippen molar-refractivity contribution < 1.29 is 23.6 Å². The van der Waals surface area contributed by atoms with Gasteiger partial charge in [0.15, 0.2) is 4.80 Å². The molecule has 1 aliphatic heterocycles. The molecule has 0 amide bonds. The van der Waals surface area contributed by atoms with Gasteiger partial charge in [-0.2, -0.15) is 0 Å². The number of fused-ring (bicyclic) bond motifs is 1. The zero-order valence-electron chi connectivity index (χ0n) is 22.2. The molecule has 1 atom stereocenters. The minimum absolute atomic E-state index is 0.00457. The van der Waals surface area contributed by atoms with E-state index in [1.165, 1.54) is 22.0 Å². The van der Waals surface area contributed by atoms with E-state index in [1.54, 1.807) is 82.5 Å². The van der Waals surface area contributed by atoms with Gasteiger partial charge in [-0.05, 0) is 50.6 Å². The number of nitro groups is 1. The van der Waals surface area contributed by atoms with Crippen LogP contribution in [0.3, 0.4) is 0 Å². The molecule has 204 valence electrons. The second-order valence-electron chi connectivity index (χ2n) is 9.04. The smallest absolute Gasteiger partial charge is 0.338 e. The Balaban J connectivity index is 1.61. The van der Waals surface area contributed by atoms with Crippen molar-refractivity contribution in [1.82, 2.24) is 4.57 Å². The van der Waals surface area contributed by atoms with Crippen LogP contribution in [0.4, 0.5) is 5.69 Å². The molecule has 0 aliphatic carbocycles. The highest BCUT2D eigenvalue weighted by molar-refractivity contribution is 7.07. The number of thiazole rings is 1. The van der Waals surface area contributed by atoms with E-state index in [0.717, 1.165) is 0 Å². The first kappa shape index (κ1) is 26.8. The summed E-state index contributed by atoms with van der Waals surface area (Å²) in [5.74, 6) is 0.924. The van der Waals surface area contributed by atoms with Crippen LogP contribution in [0.1, 0.15) is 36.8 Å². The molecule has 10 nitrogen and oxygen atoms in total. The molecule has 0 fully saturated rings. The quantitative estimate of drug-likeness (QED) is 0.188. The number of rotatable bonds is 7. The van der Waals surface area contributed by atoms with E-state index in [0.29, 0.717) is 49.0 Å². The molecule has 0 saturated carbocycles. The maximum Gasteiger partial charge on any atom is 0.338 e. The number of carbonyl (C=O) groups is 1. The average molecular weight is 560 g/mol. The first-order valence-corrected chi connectivity index (χ1v) is 13.2. The Hall–Kier alpha value is -4.77. The molecule has 0 radical (unpaired) electrons. The lowest BCUT2D eigenvalue weighted by molar-refractivity contribution is -0.385. The molecule has 4 aromatic rings. The molecular formula is C29H25N3O7S. The number of furan rings is 1. The van der Waals surface area contributed by atoms with Crippen molar-refractivity contribution >= 4 is 29.1 Å². The fourth-order valence-electron chi connectivity index (χ4n) is 4.57. The Morgan fingerprint density at radius 2 is 1.93 bits per heavy atom. The SMILES string of the molecule is CCOC(=O)C1=C(C)N=c2s/c(=C/c3ccc(-c4ccc(C)c([N+](=O)[O-])c4)o3)c(=O)n2[C@H]1c1ccc(OC)cc1. The molecule has 0 spiro atoms. The van der Waals surface area contributed by atoms with Crippen molar-refractivity contribution in [3.8, 4) is 17.1 Å². The summed E-state index contributed by atoms with van der Waals surface area (Å²) < 4.78 is 18.4. The molecule has 0 unspecified atom stereocenters. The lowest BCUT2D eigenvalue weighted by atomic mass is 9.96. The van der Waals surface area contributed by atoms with E-state index in [-0.39, 0.29) is 23.4 Å². The van der Waals surface area contributed by atoms with Crippen molar-refractivity contribution in [3.05, 3.63) is 113 Å². The van der Waals surface area contributed by atoms with Crippen LogP contribution in [-0.2, 0) is 9.53 Å². The van der Waals surface area contributed by atoms with E-state index in [9.17, 15) is 19.7 Å². The standard InChI is InChI=1S/C29H25N3O7S/c1-5-38-28(34)25-17(3)30-29-31(26(25)18-8-10-20(37-4)11-9-18)27(33)24(40-29)15-21-12-13-23(39-21)19-7-6-16(2)22(14-19)32(35)36/h6-15,26H,5H2,1-4H3/b24-15+/t26-/m0/s1. The van der Waals surface area contributed by atoms with E-state index in [1.807, 2.05) is 0 Å². The average Bonchev–Trinajstić information content (AvgIpc) is 3.52. The number of aromatic nitrogens is 1. The van der Waals surface area contributed by atoms with Gasteiger partial charge in [-0.15, -0.1) is 0 Å². The number of nitrogens with zero attached hydrogens (tertiary/aromatic N) is 3. The summed E-state index contributed by atoms with van der Waals surface area (Å²) in [4.78, 5) is 42.7. The zero-order chi connectivity index (χ0) is 28.6. The maximum absolute atomic E-state index is 13.8. The molecule has 11 heteroatoms. The lowest BCUT2D eigenvalue weighted by Crippen LogP contribution is -2.39. The van der Waals surface area contributed by atoms with Crippen molar-refractivity contribution in [1.29, 1.82) is 0 Å². The summed E-state index contributed by atoms with van der Waals surface area (Å²) in [6.45, 7) is 5.29. The lowest BCUT2D eigenvalue weighted by Gasteiger charge is -2.24. The number of nitro benzene ring substituents is 1. The highest BCUT2D eigenvalue weighted by atomic mass is 32.1. The minimum atomic E-state index is -0.747.